The first-order chi connectivity index (χ1) is 11.0. The predicted octanol–water partition coefficient (Wildman–Crippen LogP) is 2.96. The Balaban J connectivity index is 1.99. The van der Waals surface area contributed by atoms with Crippen LogP contribution in [0.1, 0.15) is 30.0 Å². The smallest absolute Gasteiger partial charge is 0.243 e. The van der Waals surface area contributed by atoms with Crippen LogP contribution < -0.4 is 5.32 Å². The third kappa shape index (κ3) is 2.96. The average molecular weight is 331 g/mol. The van der Waals surface area contributed by atoms with Gasteiger partial charge in [0.2, 0.25) is 10.0 Å². The Bertz CT molecular complexity index is 788. The van der Waals surface area contributed by atoms with E-state index >= 15 is 0 Å². The van der Waals surface area contributed by atoms with Gasteiger partial charge in [-0.15, -0.1) is 0 Å². The Kier molecular flexibility index (Phi) is 4.37. The lowest BCUT2D eigenvalue weighted by Gasteiger charge is -2.25. The highest BCUT2D eigenvalue weighted by Crippen LogP contribution is 2.38. The van der Waals surface area contributed by atoms with Crippen LogP contribution in [0.5, 0.6) is 0 Å². The number of nitrogens with one attached hydrogen (secondary N) is 1. The minimum absolute atomic E-state index is 0.169. The molecule has 1 saturated heterocycles. The largest absolute Gasteiger partial charge is 0.373 e. The lowest BCUT2D eigenvalue weighted by molar-refractivity contribution is 0.397. The molecule has 0 radical (unpaired) electrons. The van der Waals surface area contributed by atoms with Crippen molar-refractivity contribution >= 4 is 15.8 Å². The van der Waals surface area contributed by atoms with Crippen LogP contribution in [0, 0.1) is 6.92 Å². The molecule has 3 rings (SSSR count). The molecule has 1 unspecified atom stereocenters. The molecule has 1 aliphatic heterocycles. The molecule has 1 aromatic heterocycles. The van der Waals surface area contributed by atoms with Crippen molar-refractivity contribution in [1.29, 1.82) is 0 Å². The third-order valence-electron chi connectivity index (χ3n) is 4.27. The van der Waals surface area contributed by atoms with Crippen molar-refractivity contribution < 1.29 is 8.42 Å². The number of hydrogen-bond acceptors (Lipinski definition) is 4. The Morgan fingerprint density at radius 3 is 2.65 bits per heavy atom. The topological polar surface area (TPSA) is 62.3 Å². The van der Waals surface area contributed by atoms with E-state index in [-0.39, 0.29) is 6.04 Å². The summed E-state index contributed by atoms with van der Waals surface area (Å²) >= 11 is 0. The zero-order valence-electron chi connectivity index (χ0n) is 13.4. The summed E-state index contributed by atoms with van der Waals surface area (Å²) in [4.78, 5) is 4.66. The monoisotopic (exact) mass is 331 g/mol. The summed E-state index contributed by atoms with van der Waals surface area (Å²) < 4.78 is 27.6. The first-order valence-electron chi connectivity index (χ1n) is 7.75. The van der Waals surface area contributed by atoms with Crippen molar-refractivity contribution in [3.63, 3.8) is 0 Å². The molecule has 5 nitrogen and oxygen atoms in total. The molecule has 0 amide bonds. The first kappa shape index (κ1) is 16.0. The Morgan fingerprint density at radius 1 is 1.22 bits per heavy atom. The minimum atomic E-state index is -3.50. The SMILES string of the molecule is CNc1ncccc1C1CCCN1S(=O)(=O)c1ccc(C)cc1. The van der Waals surface area contributed by atoms with Gasteiger partial charge in [-0.25, -0.2) is 13.4 Å². The number of aryl methyl sites for hydroxylation is 1. The quantitative estimate of drug-likeness (QED) is 0.935. The second kappa shape index (κ2) is 6.29. The van der Waals surface area contributed by atoms with Gasteiger partial charge >= 0.3 is 0 Å². The summed E-state index contributed by atoms with van der Waals surface area (Å²) in [6.07, 6.45) is 3.38. The summed E-state index contributed by atoms with van der Waals surface area (Å²) in [5.41, 5.74) is 1.98. The van der Waals surface area contributed by atoms with Crippen LogP contribution in [0.25, 0.3) is 0 Å². The Morgan fingerprint density at radius 2 is 1.96 bits per heavy atom. The maximum Gasteiger partial charge on any atom is 0.243 e. The second-order valence-corrected chi connectivity index (χ2v) is 7.67. The number of nitrogens with zero attached hydrogens (tertiary/aromatic N) is 2. The van der Waals surface area contributed by atoms with Crippen molar-refractivity contribution in [3.05, 3.63) is 53.7 Å². The molecule has 1 N–H and O–H groups in total. The van der Waals surface area contributed by atoms with E-state index in [2.05, 4.69) is 10.3 Å². The summed E-state index contributed by atoms with van der Waals surface area (Å²) in [7, 11) is -1.69. The van der Waals surface area contributed by atoms with Gasteiger partial charge in [0.05, 0.1) is 10.9 Å². The number of pyridine rings is 1. The average Bonchev–Trinajstić information content (AvgIpc) is 3.05. The fraction of sp³-hybridized carbons (Fsp3) is 0.353. The van der Waals surface area contributed by atoms with Gasteiger partial charge in [-0.2, -0.15) is 4.31 Å². The molecule has 6 heteroatoms. The first-order valence-corrected chi connectivity index (χ1v) is 9.19. The normalized spacial score (nSPS) is 19.0. The molecule has 1 aromatic carbocycles. The Hall–Kier alpha value is -1.92. The Labute approximate surface area is 137 Å². The lowest BCUT2D eigenvalue weighted by atomic mass is 10.1. The zero-order valence-corrected chi connectivity index (χ0v) is 14.2. The highest BCUT2D eigenvalue weighted by atomic mass is 32.2. The van der Waals surface area contributed by atoms with Crippen LogP contribution in [-0.2, 0) is 10.0 Å². The van der Waals surface area contributed by atoms with Gasteiger partial charge in [-0.3, -0.25) is 0 Å². The summed E-state index contributed by atoms with van der Waals surface area (Å²) in [5.74, 6) is 0.739. The molecule has 1 atom stereocenters. The van der Waals surface area contributed by atoms with E-state index in [1.165, 1.54) is 0 Å². The van der Waals surface area contributed by atoms with Crippen LogP contribution >= 0.6 is 0 Å². The van der Waals surface area contributed by atoms with Gasteiger partial charge in [0, 0.05) is 25.4 Å². The van der Waals surface area contributed by atoms with E-state index in [1.54, 1.807) is 29.7 Å². The molecule has 1 fully saturated rings. The van der Waals surface area contributed by atoms with E-state index < -0.39 is 10.0 Å². The molecule has 0 spiro atoms. The number of sulfonamides is 1. The van der Waals surface area contributed by atoms with E-state index in [0.717, 1.165) is 29.8 Å². The number of hydrogen-bond donors (Lipinski definition) is 1. The van der Waals surface area contributed by atoms with Gasteiger partial charge in [-0.05, 0) is 38.0 Å². The van der Waals surface area contributed by atoms with Crippen molar-refractivity contribution in [2.75, 3.05) is 18.9 Å². The predicted molar refractivity (Wildman–Crippen MR) is 90.8 cm³/mol. The van der Waals surface area contributed by atoms with Gasteiger partial charge in [0.1, 0.15) is 5.82 Å². The molecule has 0 aliphatic carbocycles. The zero-order chi connectivity index (χ0) is 16.4. The molecule has 2 aromatic rings. The van der Waals surface area contributed by atoms with E-state index in [0.29, 0.717) is 11.4 Å². The van der Waals surface area contributed by atoms with Gasteiger partial charge in [-0.1, -0.05) is 23.8 Å². The number of rotatable bonds is 4. The van der Waals surface area contributed by atoms with Crippen molar-refractivity contribution in [2.24, 2.45) is 0 Å². The summed E-state index contributed by atoms with van der Waals surface area (Å²) in [6, 6.07) is 10.7. The molecule has 2 heterocycles. The van der Waals surface area contributed by atoms with Crippen LogP contribution in [0.4, 0.5) is 5.82 Å². The van der Waals surface area contributed by atoms with Crippen molar-refractivity contribution in [3.8, 4) is 0 Å². The fourth-order valence-corrected chi connectivity index (χ4v) is 4.75. The van der Waals surface area contributed by atoms with Gasteiger partial charge in [0.15, 0.2) is 0 Å². The lowest BCUT2D eigenvalue weighted by Crippen LogP contribution is -2.31. The second-order valence-electron chi connectivity index (χ2n) is 5.78. The standard InChI is InChI=1S/C17H21N3O2S/c1-13-7-9-14(10-8-13)23(21,22)20-12-4-6-16(20)15-5-3-11-19-17(15)18-2/h3,5,7-11,16H,4,6,12H2,1-2H3,(H,18,19). The van der Waals surface area contributed by atoms with Crippen molar-refractivity contribution in [2.45, 2.75) is 30.7 Å². The van der Waals surface area contributed by atoms with Crippen LogP contribution in [-0.4, -0.2) is 31.3 Å². The van der Waals surface area contributed by atoms with E-state index in [4.69, 9.17) is 0 Å². The van der Waals surface area contributed by atoms with E-state index in [9.17, 15) is 8.42 Å². The minimum Gasteiger partial charge on any atom is -0.373 e. The highest BCUT2D eigenvalue weighted by molar-refractivity contribution is 7.89. The summed E-state index contributed by atoms with van der Waals surface area (Å²) in [5, 5.41) is 3.06. The van der Waals surface area contributed by atoms with Gasteiger partial charge in [0.25, 0.3) is 0 Å². The maximum atomic E-state index is 13.0. The summed E-state index contributed by atoms with van der Waals surface area (Å²) in [6.45, 7) is 2.49. The maximum absolute atomic E-state index is 13.0. The number of benzene rings is 1. The molecule has 122 valence electrons. The van der Waals surface area contributed by atoms with Crippen LogP contribution in [0.3, 0.4) is 0 Å². The molecule has 0 saturated carbocycles. The van der Waals surface area contributed by atoms with Gasteiger partial charge < -0.3 is 5.32 Å². The third-order valence-corrected chi connectivity index (χ3v) is 6.19. The number of anilines is 1. The van der Waals surface area contributed by atoms with E-state index in [1.807, 2.05) is 31.2 Å². The molecular weight excluding hydrogens is 310 g/mol. The highest BCUT2D eigenvalue weighted by Gasteiger charge is 2.37. The fourth-order valence-electron chi connectivity index (χ4n) is 3.08. The number of aromatic nitrogens is 1. The van der Waals surface area contributed by atoms with Crippen LogP contribution in [0.15, 0.2) is 47.5 Å². The molecule has 0 bridgehead atoms. The van der Waals surface area contributed by atoms with Crippen LogP contribution in [0.2, 0.25) is 0 Å². The molecular formula is C17H21N3O2S. The molecule has 1 aliphatic rings. The molecule has 23 heavy (non-hydrogen) atoms. The van der Waals surface area contributed by atoms with Crippen molar-refractivity contribution in [1.82, 2.24) is 9.29 Å².